The second-order valence-electron chi connectivity index (χ2n) is 3.26. The fourth-order valence-electron chi connectivity index (χ4n) is 1.28. The first-order chi connectivity index (χ1) is 7.24. The van der Waals surface area contributed by atoms with Gasteiger partial charge in [-0.2, -0.15) is 0 Å². The molecule has 0 saturated carbocycles. The maximum Gasteiger partial charge on any atom is 0.128 e. The van der Waals surface area contributed by atoms with Gasteiger partial charge in [0.2, 0.25) is 0 Å². The minimum atomic E-state index is 0.614. The van der Waals surface area contributed by atoms with Gasteiger partial charge in [-0.25, -0.2) is 0 Å². The summed E-state index contributed by atoms with van der Waals surface area (Å²) in [5.74, 6) is 2.11. The highest BCUT2D eigenvalue weighted by Gasteiger charge is 2.03. The van der Waals surface area contributed by atoms with E-state index >= 15 is 0 Å². The maximum atomic E-state index is 5.61. The summed E-state index contributed by atoms with van der Waals surface area (Å²) < 4.78 is 5.59. The molecule has 0 amide bonds. The SMILES string of the molecule is NC1=CC(Oc2ccc(N)cc2)=CCN1. The molecule has 0 fully saturated rings. The van der Waals surface area contributed by atoms with Crippen molar-refractivity contribution in [3.63, 3.8) is 0 Å². The average molecular weight is 203 g/mol. The third kappa shape index (κ3) is 2.43. The van der Waals surface area contributed by atoms with Crippen LogP contribution in [0.5, 0.6) is 5.75 Å². The van der Waals surface area contributed by atoms with E-state index in [-0.39, 0.29) is 0 Å². The highest BCUT2D eigenvalue weighted by atomic mass is 16.5. The molecule has 4 nitrogen and oxygen atoms in total. The monoisotopic (exact) mass is 203 g/mol. The molecule has 0 aliphatic carbocycles. The van der Waals surface area contributed by atoms with Crippen LogP contribution in [0.15, 0.2) is 48.0 Å². The van der Waals surface area contributed by atoms with E-state index in [1.807, 2.05) is 18.2 Å². The zero-order chi connectivity index (χ0) is 10.7. The van der Waals surface area contributed by atoms with Crippen LogP contribution in [-0.2, 0) is 0 Å². The molecular weight excluding hydrogens is 190 g/mol. The summed E-state index contributed by atoms with van der Waals surface area (Å²) in [6, 6.07) is 7.23. The summed E-state index contributed by atoms with van der Waals surface area (Å²) in [5.41, 5.74) is 11.9. The quantitative estimate of drug-likeness (QED) is 0.625. The Hall–Kier alpha value is -2.10. The van der Waals surface area contributed by atoms with Crippen LogP contribution in [0.25, 0.3) is 0 Å². The molecule has 78 valence electrons. The van der Waals surface area contributed by atoms with Crippen molar-refractivity contribution in [3.8, 4) is 5.75 Å². The number of anilines is 1. The van der Waals surface area contributed by atoms with Crippen molar-refractivity contribution in [1.82, 2.24) is 5.32 Å². The molecule has 1 heterocycles. The number of rotatable bonds is 2. The Balaban J connectivity index is 2.09. The van der Waals surface area contributed by atoms with E-state index in [2.05, 4.69) is 5.32 Å². The molecule has 1 aliphatic heterocycles. The minimum Gasteiger partial charge on any atom is -0.458 e. The van der Waals surface area contributed by atoms with E-state index in [4.69, 9.17) is 16.2 Å². The predicted molar refractivity (Wildman–Crippen MR) is 59.8 cm³/mol. The summed E-state index contributed by atoms with van der Waals surface area (Å²) in [4.78, 5) is 0. The summed E-state index contributed by atoms with van der Waals surface area (Å²) in [7, 11) is 0. The third-order valence-corrected chi connectivity index (χ3v) is 2.02. The van der Waals surface area contributed by atoms with Crippen LogP contribution in [0.2, 0.25) is 0 Å². The Morgan fingerprint density at radius 2 is 1.87 bits per heavy atom. The van der Waals surface area contributed by atoms with E-state index < -0.39 is 0 Å². The highest BCUT2D eigenvalue weighted by Crippen LogP contribution is 2.17. The van der Waals surface area contributed by atoms with Crippen LogP contribution in [0.4, 0.5) is 5.69 Å². The molecule has 1 aromatic rings. The number of ether oxygens (including phenoxy) is 1. The maximum absolute atomic E-state index is 5.61. The second kappa shape index (κ2) is 3.96. The minimum absolute atomic E-state index is 0.614. The Bertz CT molecular complexity index is 406. The van der Waals surface area contributed by atoms with Crippen molar-refractivity contribution in [2.75, 3.05) is 12.3 Å². The van der Waals surface area contributed by atoms with Gasteiger partial charge in [-0.15, -0.1) is 0 Å². The van der Waals surface area contributed by atoms with E-state index in [9.17, 15) is 0 Å². The smallest absolute Gasteiger partial charge is 0.128 e. The summed E-state index contributed by atoms with van der Waals surface area (Å²) in [5, 5.41) is 2.97. The second-order valence-corrected chi connectivity index (χ2v) is 3.26. The van der Waals surface area contributed by atoms with E-state index in [0.29, 0.717) is 12.4 Å². The van der Waals surface area contributed by atoms with Gasteiger partial charge < -0.3 is 21.5 Å². The van der Waals surface area contributed by atoms with Crippen LogP contribution < -0.4 is 21.5 Å². The molecule has 0 atom stereocenters. The lowest BCUT2D eigenvalue weighted by Gasteiger charge is -2.13. The fourth-order valence-corrected chi connectivity index (χ4v) is 1.28. The normalized spacial score (nSPS) is 14.9. The molecular formula is C11H13N3O. The van der Waals surface area contributed by atoms with Crippen molar-refractivity contribution >= 4 is 5.69 Å². The largest absolute Gasteiger partial charge is 0.458 e. The van der Waals surface area contributed by atoms with Crippen molar-refractivity contribution < 1.29 is 4.74 Å². The number of hydrogen-bond donors (Lipinski definition) is 3. The topological polar surface area (TPSA) is 73.3 Å². The van der Waals surface area contributed by atoms with Gasteiger partial charge in [-0.05, 0) is 30.3 Å². The number of nitrogens with two attached hydrogens (primary N) is 2. The fraction of sp³-hybridized carbons (Fsp3) is 0.0909. The van der Waals surface area contributed by atoms with Crippen molar-refractivity contribution in [1.29, 1.82) is 0 Å². The third-order valence-electron chi connectivity index (χ3n) is 2.02. The van der Waals surface area contributed by atoms with Crippen LogP contribution in [-0.4, -0.2) is 6.54 Å². The number of allylic oxidation sites excluding steroid dienone is 1. The van der Waals surface area contributed by atoms with E-state index in [1.54, 1.807) is 18.2 Å². The van der Waals surface area contributed by atoms with Gasteiger partial charge in [-0.3, -0.25) is 0 Å². The Kier molecular flexibility index (Phi) is 2.49. The van der Waals surface area contributed by atoms with Crippen molar-refractivity contribution in [2.45, 2.75) is 0 Å². The molecule has 0 bridgehead atoms. The predicted octanol–water partition coefficient (Wildman–Crippen LogP) is 0.935. The van der Waals surface area contributed by atoms with Gasteiger partial charge in [0.15, 0.2) is 0 Å². The van der Waals surface area contributed by atoms with Gasteiger partial charge in [0.05, 0.1) is 5.82 Å². The molecule has 0 radical (unpaired) electrons. The van der Waals surface area contributed by atoms with Gasteiger partial charge in [-0.1, -0.05) is 0 Å². The van der Waals surface area contributed by atoms with Gasteiger partial charge in [0.1, 0.15) is 11.5 Å². The molecule has 5 N–H and O–H groups in total. The summed E-state index contributed by atoms with van der Waals surface area (Å²) in [6.07, 6.45) is 3.67. The number of dihydropyridines is 1. The van der Waals surface area contributed by atoms with Crippen LogP contribution >= 0.6 is 0 Å². The summed E-state index contributed by atoms with van der Waals surface area (Å²) in [6.45, 7) is 0.687. The molecule has 0 saturated heterocycles. The molecule has 1 aliphatic rings. The zero-order valence-corrected chi connectivity index (χ0v) is 8.23. The first-order valence-electron chi connectivity index (χ1n) is 4.68. The lowest BCUT2D eigenvalue weighted by atomic mass is 10.3. The van der Waals surface area contributed by atoms with Gasteiger partial charge in [0.25, 0.3) is 0 Å². The first kappa shape index (κ1) is 9.45. The molecule has 15 heavy (non-hydrogen) atoms. The number of nitrogen functional groups attached to an aromatic ring is 1. The Morgan fingerprint density at radius 3 is 2.53 bits per heavy atom. The Labute approximate surface area is 88.2 Å². The van der Waals surface area contributed by atoms with E-state index in [1.165, 1.54) is 0 Å². The first-order valence-corrected chi connectivity index (χ1v) is 4.68. The lowest BCUT2D eigenvalue weighted by molar-refractivity contribution is 0.437. The van der Waals surface area contributed by atoms with Crippen LogP contribution in [0.1, 0.15) is 0 Å². The number of nitrogens with one attached hydrogen (secondary N) is 1. The molecule has 0 aromatic heterocycles. The standard InChI is InChI=1S/C11H13N3O/c12-8-1-3-9(4-2-8)15-10-5-6-14-11(13)7-10/h1-5,7,14H,6,12-13H2. The molecule has 0 unspecified atom stereocenters. The number of hydrogen-bond acceptors (Lipinski definition) is 4. The highest BCUT2D eigenvalue weighted by molar-refractivity contribution is 5.42. The van der Waals surface area contributed by atoms with Gasteiger partial charge in [0, 0.05) is 18.3 Å². The van der Waals surface area contributed by atoms with Crippen molar-refractivity contribution in [3.05, 3.63) is 48.0 Å². The molecule has 1 aromatic carbocycles. The van der Waals surface area contributed by atoms with Crippen LogP contribution in [0.3, 0.4) is 0 Å². The molecule has 2 rings (SSSR count). The molecule has 0 spiro atoms. The van der Waals surface area contributed by atoms with Gasteiger partial charge >= 0.3 is 0 Å². The Morgan fingerprint density at radius 1 is 1.13 bits per heavy atom. The summed E-state index contributed by atoms with van der Waals surface area (Å²) >= 11 is 0. The number of benzene rings is 1. The lowest BCUT2D eigenvalue weighted by Crippen LogP contribution is -2.24. The van der Waals surface area contributed by atoms with E-state index in [0.717, 1.165) is 17.2 Å². The molecule has 4 heteroatoms. The average Bonchev–Trinajstić information content (AvgIpc) is 2.22. The van der Waals surface area contributed by atoms with Crippen molar-refractivity contribution in [2.24, 2.45) is 5.73 Å². The van der Waals surface area contributed by atoms with Crippen LogP contribution in [0, 0.1) is 0 Å². The zero-order valence-electron chi connectivity index (χ0n) is 8.23.